The SMILES string of the molecule is Fc1ccc(N2C(Cl)=NC=CC2n2cccn2)cc1. The van der Waals surface area contributed by atoms with E-state index in [2.05, 4.69) is 10.1 Å². The minimum absolute atomic E-state index is 0.217. The second kappa shape index (κ2) is 4.85. The Kier molecular flexibility index (Phi) is 3.05. The fourth-order valence-corrected chi connectivity index (χ4v) is 2.20. The first kappa shape index (κ1) is 11.9. The molecule has 2 aromatic rings. The molecule has 1 aliphatic rings. The van der Waals surface area contributed by atoms with Crippen molar-refractivity contribution < 1.29 is 4.39 Å². The monoisotopic (exact) mass is 276 g/mol. The topological polar surface area (TPSA) is 33.4 Å². The third-order valence-corrected chi connectivity index (χ3v) is 3.08. The van der Waals surface area contributed by atoms with Crippen LogP contribution in [0.25, 0.3) is 0 Å². The predicted molar refractivity (Wildman–Crippen MR) is 72.6 cm³/mol. The molecule has 0 aliphatic carbocycles. The van der Waals surface area contributed by atoms with E-state index in [4.69, 9.17) is 11.6 Å². The summed E-state index contributed by atoms with van der Waals surface area (Å²) in [6, 6.07) is 7.91. The molecule has 0 bridgehead atoms. The summed E-state index contributed by atoms with van der Waals surface area (Å²) in [7, 11) is 0. The number of hydrogen-bond acceptors (Lipinski definition) is 3. The summed E-state index contributed by atoms with van der Waals surface area (Å²) in [6.07, 6.45) is 6.80. The van der Waals surface area contributed by atoms with Crippen molar-refractivity contribution in [2.75, 3.05) is 4.90 Å². The van der Waals surface area contributed by atoms with Gasteiger partial charge in [-0.05, 0) is 48.0 Å². The second-order valence-corrected chi connectivity index (χ2v) is 4.32. The van der Waals surface area contributed by atoms with E-state index < -0.39 is 0 Å². The summed E-state index contributed by atoms with van der Waals surface area (Å²) in [6.45, 7) is 0. The van der Waals surface area contributed by atoms with E-state index in [0.717, 1.165) is 5.69 Å². The number of nitrogens with zero attached hydrogens (tertiary/aromatic N) is 4. The molecular weight excluding hydrogens is 267 g/mol. The molecule has 19 heavy (non-hydrogen) atoms. The van der Waals surface area contributed by atoms with Gasteiger partial charge in [0.1, 0.15) is 12.0 Å². The fourth-order valence-electron chi connectivity index (χ4n) is 1.94. The van der Waals surface area contributed by atoms with Crippen molar-refractivity contribution in [1.82, 2.24) is 9.78 Å². The number of aliphatic imine (C=N–C) groups is 1. The largest absolute Gasteiger partial charge is 0.290 e. The Morgan fingerprint density at radius 1 is 1.21 bits per heavy atom. The molecule has 0 saturated heterocycles. The summed E-state index contributed by atoms with van der Waals surface area (Å²) in [5.41, 5.74) is 0.750. The maximum absolute atomic E-state index is 13.0. The molecule has 2 heterocycles. The Bertz CT molecular complexity index is 619. The molecule has 0 radical (unpaired) electrons. The van der Waals surface area contributed by atoms with Crippen LogP contribution in [-0.4, -0.2) is 15.1 Å². The van der Waals surface area contributed by atoms with Crippen LogP contribution in [0, 0.1) is 5.82 Å². The number of amidine groups is 1. The van der Waals surface area contributed by atoms with Gasteiger partial charge in [-0.2, -0.15) is 5.10 Å². The van der Waals surface area contributed by atoms with Crippen molar-refractivity contribution in [3.63, 3.8) is 0 Å². The molecular formula is C13H10ClFN4. The van der Waals surface area contributed by atoms with Crippen molar-refractivity contribution in [2.45, 2.75) is 6.17 Å². The highest BCUT2D eigenvalue weighted by atomic mass is 35.5. The number of aromatic nitrogens is 2. The van der Waals surface area contributed by atoms with Crippen LogP contribution in [0.2, 0.25) is 0 Å². The van der Waals surface area contributed by atoms with E-state index in [1.54, 1.807) is 34.1 Å². The predicted octanol–water partition coefficient (Wildman–Crippen LogP) is 3.15. The molecule has 1 aromatic carbocycles. The summed E-state index contributed by atoms with van der Waals surface area (Å²) in [4.78, 5) is 5.83. The van der Waals surface area contributed by atoms with Gasteiger partial charge < -0.3 is 0 Å². The Morgan fingerprint density at radius 3 is 2.68 bits per heavy atom. The lowest BCUT2D eigenvalue weighted by atomic mass is 10.2. The first-order chi connectivity index (χ1) is 9.25. The molecule has 0 spiro atoms. The van der Waals surface area contributed by atoms with Gasteiger partial charge in [-0.25, -0.2) is 14.1 Å². The maximum Gasteiger partial charge on any atom is 0.205 e. The molecule has 3 rings (SSSR count). The Morgan fingerprint density at radius 2 is 2.00 bits per heavy atom. The van der Waals surface area contributed by atoms with E-state index in [-0.39, 0.29) is 12.0 Å². The third-order valence-electron chi connectivity index (χ3n) is 2.80. The zero-order valence-corrected chi connectivity index (χ0v) is 10.6. The first-order valence-corrected chi connectivity index (χ1v) is 6.07. The van der Waals surface area contributed by atoms with Gasteiger partial charge in [0, 0.05) is 24.3 Å². The number of rotatable bonds is 2. The van der Waals surface area contributed by atoms with Gasteiger partial charge in [0.15, 0.2) is 0 Å². The molecule has 0 fully saturated rings. The van der Waals surface area contributed by atoms with Crippen molar-refractivity contribution in [2.24, 2.45) is 4.99 Å². The smallest absolute Gasteiger partial charge is 0.205 e. The number of benzene rings is 1. The van der Waals surface area contributed by atoms with Crippen LogP contribution in [0.3, 0.4) is 0 Å². The molecule has 1 unspecified atom stereocenters. The Balaban J connectivity index is 2.02. The zero-order valence-electron chi connectivity index (χ0n) is 9.82. The lowest BCUT2D eigenvalue weighted by Crippen LogP contribution is -2.36. The molecule has 96 valence electrons. The second-order valence-electron chi connectivity index (χ2n) is 3.99. The normalized spacial score (nSPS) is 18.5. The van der Waals surface area contributed by atoms with Crippen molar-refractivity contribution >= 4 is 22.6 Å². The van der Waals surface area contributed by atoms with Gasteiger partial charge in [0.05, 0.1) is 0 Å². The van der Waals surface area contributed by atoms with Crippen LogP contribution in [-0.2, 0) is 0 Å². The quantitative estimate of drug-likeness (QED) is 0.790. The van der Waals surface area contributed by atoms with E-state index in [1.165, 1.54) is 12.1 Å². The molecule has 6 heteroatoms. The highest BCUT2D eigenvalue weighted by Crippen LogP contribution is 2.28. The highest BCUT2D eigenvalue weighted by molar-refractivity contribution is 6.68. The standard InChI is InChI=1S/C13H10ClFN4/c14-13-16-8-6-12(18-9-1-7-17-18)19(13)11-4-2-10(15)3-5-11/h1-9,12H. The van der Waals surface area contributed by atoms with Crippen LogP contribution < -0.4 is 4.90 Å². The molecule has 0 amide bonds. The molecule has 1 aliphatic heterocycles. The van der Waals surface area contributed by atoms with Gasteiger partial charge in [0.2, 0.25) is 5.29 Å². The van der Waals surface area contributed by atoms with Crippen molar-refractivity contribution in [3.8, 4) is 0 Å². The van der Waals surface area contributed by atoms with Gasteiger partial charge in [-0.15, -0.1) is 0 Å². The highest BCUT2D eigenvalue weighted by Gasteiger charge is 2.24. The average molecular weight is 277 g/mol. The Hall–Kier alpha value is -2.14. The number of anilines is 1. The van der Waals surface area contributed by atoms with Crippen LogP contribution in [0.1, 0.15) is 6.17 Å². The van der Waals surface area contributed by atoms with Crippen LogP contribution in [0.4, 0.5) is 10.1 Å². The van der Waals surface area contributed by atoms with Gasteiger partial charge in [-0.3, -0.25) is 4.90 Å². The van der Waals surface area contributed by atoms with E-state index in [9.17, 15) is 4.39 Å². The van der Waals surface area contributed by atoms with Crippen molar-refractivity contribution in [3.05, 3.63) is 60.8 Å². The van der Waals surface area contributed by atoms with Gasteiger partial charge >= 0.3 is 0 Å². The van der Waals surface area contributed by atoms with Crippen LogP contribution >= 0.6 is 11.6 Å². The molecule has 1 aromatic heterocycles. The minimum Gasteiger partial charge on any atom is -0.290 e. The molecule has 0 N–H and O–H groups in total. The molecule has 0 saturated carbocycles. The summed E-state index contributed by atoms with van der Waals surface area (Å²) in [5.74, 6) is -0.292. The summed E-state index contributed by atoms with van der Waals surface area (Å²) < 4.78 is 14.8. The van der Waals surface area contributed by atoms with Crippen LogP contribution in [0.15, 0.2) is 60.0 Å². The summed E-state index contributed by atoms with van der Waals surface area (Å²) in [5, 5.41) is 4.52. The average Bonchev–Trinajstić information content (AvgIpc) is 2.94. The lowest BCUT2D eigenvalue weighted by molar-refractivity contribution is 0.549. The van der Waals surface area contributed by atoms with Gasteiger partial charge in [-0.1, -0.05) is 0 Å². The molecule has 4 nitrogen and oxygen atoms in total. The molecule has 1 atom stereocenters. The fraction of sp³-hybridized carbons (Fsp3) is 0.0769. The first-order valence-electron chi connectivity index (χ1n) is 5.69. The van der Waals surface area contributed by atoms with E-state index in [1.807, 2.05) is 18.3 Å². The Labute approximate surface area is 114 Å². The van der Waals surface area contributed by atoms with E-state index >= 15 is 0 Å². The minimum atomic E-state index is -0.292. The van der Waals surface area contributed by atoms with E-state index in [0.29, 0.717) is 5.29 Å². The van der Waals surface area contributed by atoms with Crippen LogP contribution in [0.5, 0.6) is 0 Å². The zero-order chi connectivity index (χ0) is 13.2. The summed E-state index contributed by atoms with van der Waals surface area (Å²) >= 11 is 6.16. The van der Waals surface area contributed by atoms with Crippen molar-refractivity contribution in [1.29, 1.82) is 0 Å². The maximum atomic E-state index is 13.0. The lowest BCUT2D eigenvalue weighted by Gasteiger charge is -2.31. The number of halogens is 2. The van der Waals surface area contributed by atoms with Gasteiger partial charge in [0.25, 0.3) is 0 Å². The third kappa shape index (κ3) is 2.24. The number of hydrogen-bond donors (Lipinski definition) is 0.